The minimum absolute atomic E-state index is 0.0532. The quantitative estimate of drug-likeness (QED) is 0.826. The van der Waals surface area contributed by atoms with Crippen molar-refractivity contribution >= 4 is 11.7 Å². The lowest BCUT2D eigenvalue weighted by molar-refractivity contribution is -0.121. The summed E-state index contributed by atoms with van der Waals surface area (Å²) in [5.74, 6) is 0.481. The highest BCUT2D eigenvalue weighted by Crippen LogP contribution is 2.14. The molecule has 25 heavy (non-hydrogen) atoms. The maximum atomic E-state index is 12.2. The van der Waals surface area contributed by atoms with Crippen molar-refractivity contribution < 1.29 is 4.79 Å². The number of piperidine rings is 1. The zero-order valence-electron chi connectivity index (χ0n) is 14.1. The second kappa shape index (κ2) is 8.41. The molecule has 0 aliphatic carbocycles. The number of hydrogen-bond donors (Lipinski definition) is 2. The zero-order chi connectivity index (χ0) is 17.5. The van der Waals surface area contributed by atoms with Gasteiger partial charge in [0.15, 0.2) is 5.82 Å². The molecule has 0 spiro atoms. The molecule has 3 heterocycles. The van der Waals surface area contributed by atoms with Crippen molar-refractivity contribution in [2.24, 2.45) is 0 Å². The number of amides is 1. The van der Waals surface area contributed by atoms with E-state index in [9.17, 15) is 9.59 Å². The number of anilines is 1. The maximum absolute atomic E-state index is 12.2. The molecule has 1 aliphatic rings. The molecule has 3 rings (SSSR count). The molecular weight excluding hydrogens is 318 g/mol. The SMILES string of the molecule is O=C(CCCc1ccccn1)N[C@H]1CCCN(c2ncc[nH]c2=O)C1. The number of carbonyl (C=O) groups excluding carboxylic acids is 1. The Bertz CT molecular complexity index is 746. The van der Waals surface area contributed by atoms with E-state index in [2.05, 4.69) is 20.3 Å². The van der Waals surface area contributed by atoms with Crippen LogP contribution in [0, 0.1) is 0 Å². The molecule has 2 N–H and O–H groups in total. The van der Waals surface area contributed by atoms with Gasteiger partial charge in [-0.25, -0.2) is 4.98 Å². The van der Waals surface area contributed by atoms with Crippen molar-refractivity contribution in [2.75, 3.05) is 18.0 Å². The zero-order valence-corrected chi connectivity index (χ0v) is 14.1. The Kier molecular flexibility index (Phi) is 5.77. The number of aromatic amines is 1. The third kappa shape index (κ3) is 4.89. The number of H-pyrrole nitrogens is 1. The first-order valence-corrected chi connectivity index (χ1v) is 8.70. The molecule has 1 atom stereocenters. The van der Waals surface area contributed by atoms with E-state index in [4.69, 9.17) is 0 Å². The molecule has 0 bridgehead atoms. The number of nitrogens with one attached hydrogen (secondary N) is 2. The van der Waals surface area contributed by atoms with E-state index in [0.29, 0.717) is 18.8 Å². The van der Waals surface area contributed by atoms with Crippen molar-refractivity contribution in [1.29, 1.82) is 0 Å². The van der Waals surface area contributed by atoms with Crippen LogP contribution < -0.4 is 15.8 Å². The molecule has 0 saturated carbocycles. The molecule has 7 heteroatoms. The third-order valence-corrected chi connectivity index (χ3v) is 4.34. The van der Waals surface area contributed by atoms with Crippen LogP contribution >= 0.6 is 0 Å². The van der Waals surface area contributed by atoms with E-state index in [-0.39, 0.29) is 17.5 Å². The predicted molar refractivity (Wildman–Crippen MR) is 95.4 cm³/mol. The fourth-order valence-electron chi connectivity index (χ4n) is 3.13. The lowest BCUT2D eigenvalue weighted by atomic mass is 10.1. The van der Waals surface area contributed by atoms with Gasteiger partial charge in [0.1, 0.15) is 0 Å². The summed E-state index contributed by atoms with van der Waals surface area (Å²) in [6, 6.07) is 5.87. The van der Waals surface area contributed by atoms with Gasteiger partial charge in [0.25, 0.3) is 5.56 Å². The fourth-order valence-corrected chi connectivity index (χ4v) is 3.13. The van der Waals surface area contributed by atoms with Crippen molar-refractivity contribution in [2.45, 2.75) is 38.1 Å². The van der Waals surface area contributed by atoms with E-state index in [1.54, 1.807) is 12.4 Å². The highest BCUT2D eigenvalue weighted by Gasteiger charge is 2.23. The van der Waals surface area contributed by atoms with E-state index < -0.39 is 0 Å². The molecule has 2 aromatic heterocycles. The van der Waals surface area contributed by atoms with Gasteiger partial charge in [0.2, 0.25) is 5.91 Å². The molecule has 132 valence electrons. The van der Waals surface area contributed by atoms with Gasteiger partial charge >= 0.3 is 0 Å². The van der Waals surface area contributed by atoms with Crippen molar-refractivity contribution in [1.82, 2.24) is 20.3 Å². The first-order chi connectivity index (χ1) is 12.2. The van der Waals surface area contributed by atoms with Crippen LogP contribution in [0.1, 0.15) is 31.4 Å². The van der Waals surface area contributed by atoms with Gasteiger partial charge in [0.05, 0.1) is 0 Å². The summed E-state index contributed by atoms with van der Waals surface area (Å²) in [5.41, 5.74) is 0.818. The van der Waals surface area contributed by atoms with E-state index in [1.807, 2.05) is 23.1 Å². The molecule has 1 saturated heterocycles. The van der Waals surface area contributed by atoms with Crippen LogP contribution in [-0.4, -0.2) is 40.0 Å². The van der Waals surface area contributed by atoms with E-state index >= 15 is 0 Å². The predicted octanol–water partition coefficient (Wildman–Crippen LogP) is 1.27. The highest BCUT2D eigenvalue weighted by molar-refractivity contribution is 5.76. The van der Waals surface area contributed by atoms with Crippen LogP contribution in [0.25, 0.3) is 0 Å². The van der Waals surface area contributed by atoms with Crippen LogP contribution in [0.3, 0.4) is 0 Å². The second-order valence-corrected chi connectivity index (χ2v) is 6.27. The Hall–Kier alpha value is -2.70. The minimum Gasteiger partial charge on any atom is -0.352 e. The van der Waals surface area contributed by atoms with E-state index in [1.165, 1.54) is 6.20 Å². The Labute approximate surface area is 146 Å². The Morgan fingerprint density at radius 1 is 1.32 bits per heavy atom. The van der Waals surface area contributed by atoms with Gasteiger partial charge in [-0.2, -0.15) is 0 Å². The number of carbonyl (C=O) groups is 1. The summed E-state index contributed by atoms with van der Waals surface area (Å²) in [5, 5.41) is 3.08. The lowest BCUT2D eigenvalue weighted by Crippen LogP contribution is -2.49. The van der Waals surface area contributed by atoms with Crippen molar-refractivity contribution in [3.8, 4) is 0 Å². The average molecular weight is 341 g/mol. The van der Waals surface area contributed by atoms with Crippen LogP contribution in [0.15, 0.2) is 41.6 Å². The summed E-state index contributed by atoms with van der Waals surface area (Å²) in [4.78, 5) is 37.1. The fraction of sp³-hybridized carbons (Fsp3) is 0.444. The largest absolute Gasteiger partial charge is 0.352 e. The highest BCUT2D eigenvalue weighted by atomic mass is 16.1. The van der Waals surface area contributed by atoms with Gasteiger partial charge in [0, 0.05) is 49.8 Å². The number of aryl methyl sites for hydroxylation is 1. The van der Waals surface area contributed by atoms with E-state index in [0.717, 1.165) is 37.9 Å². The second-order valence-electron chi connectivity index (χ2n) is 6.27. The van der Waals surface area contributed by atoms with Gasteiger partial charge in [-0.05, 0) is 37.8 Å². The van der Waals surface area contributed by atoms with Crippen LogP contribution in [0.4, 0.5) is 5.82 Å². The summed E-state index contributed by atoms with van der Waals surface area (Å²) in [7, 11) is 0. The Morgan fingerprint density at radius 2 is 2.24 bits per heavy atom. The number of aromatic nitrogens is 3. The summed E-state index contributed by atoms with van der Waals surface area (Å²) < 4.78 is 0. The third-order valence-electron chi connectivity index (χ3n) is 4.34. The summed E-state index contributed by atoms with van der Waals surface area (Å²) >= 11 is 0. The Morgan fingerprint density at radius 3 is 3.04 bits per heavy atom. The molecule has 0 unspecified atom stereocenters. The normalized spacial score (nSPS) is 17.3. The summed E-state index contributed by atoms with van der Waals surface area (Å²) in [6.07, 6.45) is 8.78. The number of rotatable bonds is 6. The molecule has 0 radical (unpaired) electrons. The van der Waals surface area contributed by atoms with Crippen LogP contribution in [0.2, 0.25) is 0 Å². The van der Waals surface area contributed by atoms with Gasteiger partial charge in [-0.15, -0.1) is 0 Å². The van der Waals surface area contributed by atoms with Crippen LogP contribution in [0.5, 0.6) is 0 Å². The lowest BCUT2D eigenvalue weighted by Gasteiger charge is -2.33. The van der Waals surface area contributed by atoms with Crippen molar-refractivity contribution in [3.63, 3.8) is 0 Å². The molecular formula is C18H23N5O2. The molecule has 1 aliphatic heterocycles. The van der Waals surface area contributed by atoms with Gasteiger partial charge < -0.3 is 15.2 Å². The standard InChI is InChI=1S/C18H23N5O2/c24-16(8-3-6-14-5-1-2-9-19-14)22-15-7-4-12-23(13-15)17-18(25)21-11-10-20-17/h1-2,5,9-11,15H,3-4,6-8,12-13H2,(H,21,25)(H,22,24)/t15-/m0/s1. The van der Waals surface area contributed by atoms with Gasteiger partial charge in [-0.1, -0.05) is 6.07 Å². The van der Waals surface area contributed by atoms with Crippen molar-refractivity contribution in [3.05, 3.63) is 52.8 Å². The molecule has 7 nitrogen and oxygen atoms in total. The average Bonchev–Trinajstić information content (AvgIpc) is 2.63. The number of nitrogens with zero attached hydrogens (tertiary/aromatic N) is 3. The molecule has 0 aromatic carbocycles. The topological polar surface area (TPSA) is 91.0 Å². The smallest absolute Gasteiger partial charge is 0.290 e. The summed E-state index contributed by atoms with van der Waals surface area (Å²) in [6.45, 7) is 1.40. The monoisotopic (exact) mass is 341 g/mol. The molecule has 1 fully saturated rings. The first-order valence-electron chi connectivity index (χ1n) is 8.70. The van der Waals surface area contributed by atoms with Gasteiger partial charge in [-0.3, -0.25) is 14.6 Å². The van der Waals surface area contributed by atoms with Crippen LogP contribution in [-0.2, 0) is 11.2 Å². The number of hydrogen-bond acceptors (Lipinski definition) is 5. The number of pyridine rings is 1. The molecule has 2 aromatic rings. The minimum atomic E-state index is -0.190. The Balaban J connectivity index is 1.46. The first kappa shape index (κ1) is 17.1. The maximum Gasteiger partial charge on any atom is 0.290 e. The molecule has 1 amide bonds.